The molecule has 1 aromatic carbocycles. The molecule has 0 atom stereocenters. The van der Waals surface area contributed by atoms with Crippen molar-refractivity contribution in [3.63, 3.8) is 0 Å². The van der Waals surface area contributed by atoms with Crippen LogP contribution in [0.1, 0.15) is 22.3 Å². The zero-order chi connectivity index (χ0) is 16.2. The molecule has 0 spiro atoms. The van der Waals surface area contributed by atoms with Crippen molar-refractivity contribution < 1.29 is 0 Å². The van der Waals surface area contributed by atoms with Crippen molar-refractivity contribution in [2.45, 2.75) is 13.8 Å². The second-order valence-corrected chi connectivity index (χ2v) is 6.28. The van der Waals surface area contributed by atoms with E-state index in [9.17, 15) is 0 Å². The van der Waals surface area contributed by atoms with Crippen molar-refractivity contribution in [3.05, 3.63) is 81.7 Å². The Morgan fingerprint density at radius 3 is 2.43 bits per heavy atom. The minimum absolute atomic E-state index is 0.870. The minimum atomic E-state index is 0.870. The topological polar surface area (TPSA) is 25.8 Å². The summed E-state index contributed by atoms with van der Waals surface area (Å²) in [5.41, 5.74) is 6.48. The third kappa shape index (κ3) is 3.74. The van der Waals surface area contributed by atoms with E-state index >= 15 is 0 Å². The Hall–Kier alpha value is -2.26. The maximum atomic E-state index is 4.62. The van der Waals surface area contributed by atoms with Crippen LogP contribution in [0.15, 0.2) is 59.5 Å². The Balaban J connectivity index is 2.04. The summed E-state index contributed by atoms with van der Waals surface area (Å²) >= 11 is 3.45. The summed E-state index contributed by atoms with van der Waals surface area (Å²) in [6.45, 7) is 4.09. The largest absolute Gasteiger partial charge is 0.255 e. The van der Waals surface area contributed by atoms with E-state index in [2.05, 4.69) is 69.2 Å². The molecule has 0 bridgehead atoms. The molecule has 0 aliphatic carbocycles. The molecule has 2 nitrogen and oxygen atoms in total. The van der Waals surface area contributed by atoms with Crippen molar-refractivity contribution in [1.82, 2.24) is 9.97 Å². The molecule has 0 unspecified atom stereocenters. The van der Waals surface area contributed by atoms with Crippen LogP contribution in [-0.2, 0) is 0 Å². The van der Waals surface area contributed by atoms with Crippen LogP contribution >= 0.6 is 15.9 Å². The molecule has 3 heteroatoms. The lowest BCUT2D eigenvalue weighted by molar-refractivity contribution is 1.19. The van der Waals surface area contributed by atoms with Gasteiger partial charge in [0.15, 0.2) is 0 Å². The van der Waals surface area contributed by atoms with E-state index < -0.39 is 0 Å². The maximum absolute atomic E-state index is 4.62. The van der Waals surface area contributed by atoms with Crippen LogP contribution in [0.4, 0.5) is 0 Å². The number of halogens is 1. The standard InChI is InChI=1S/C20H17BrN2/c1-14-10-17(9-8-16-6-4-3-5-7-16)19(22-12-14)18-11-15(2)20(21)23-13-18/h3-13H,1-2H3/b9-8+. The summed E-state index contributed by atoms with van der Waals surface area (Å²) < 4.78 is 0.870. The Morgan fingerprint density at radius 1 is 0.913 bits per heavy atom. The molecule has 0 aliphatic rings. The van der Waals surface area contributed by atoms with Gasteiger partial charge in [-0.2, -0.15) is 0 Å². The molecule has 0 aliphatic heterocycles. The molecular formula is C20H17BrN2. The highest BCUT2D eigenvalue weighted by Crippen LogP contribution is 2.26. The zero-order valence-corrected chi connectivity index (χ0v) is 14.7. The molecule has 2 aromatic heterocycles. The zero-order valence-electron chi connectivity index (χ0n) is 13.1. The van der Waals surface area contributed by atoms with Crippen LogP contribution in [0.5, 0.6) is 0 Å². The summed E-state index contributed by atoms with van der Waals surface area (Å²) in [6.07, 6.45) is 7.97. The van der Waals surface area contributed by atoms with Crippen LogP contribution in [0, 0.1) is 13.8 Å². The number of nitrogens with zero attached hydrogens (tertiary/aromatic N) is 2. The van der Waals surface area contributed by atoms with Gasteiger partial charge in [-0.15, -0.1) is 0 Å². The van der Waals surface area contributed by atoms with Gasteiger partial charge in [0.2, 0.25) is 0 Å². The van der Waals surface area contributed by atoms with E-state index in [4.69, 9.17) is 0 Å². The van der Waals surface area contributed by atoms with Gasteiger partial charge in [0, 0.05) is 23.5 Å². The summed E-state index contributed by atoms with van der Waals surface area (Å²) in [6, 6.07) is 14.5. The molecule has 2 heterocycles. The summed E-state index contributed by atoms with van der Waals surface area (Å²) in [5, 5.41) is 0. The highest BCUT2D eigenvalue weighted by atomic mass is 79.9. The Labute approximate surface area is 145 Å². The highest BCUT2D eigenvalue weighted by Gasteiger charge is 2.07. The first-order valence-corrected chi connectivity index (χ1v) is 8.25. The fourth-order valence-electron chi connectivity index (χ4n) is 2.40. The first-order chi connectivity index (χ1) is 11.1. The summed E-state index contributed by atoms with van der Waals surface area (Å²) in [7, 11) is 0. The first-order valence-electron chi connectivity index (χ1n) is 7.46. The summed E-state index contributed by atoms with van der Waals surface area (Å²) in [5.74, 6) is 0. The van der Waals surface area contributed by atoms with Gasteiger partial charge in [0.1, 0.15) is 4.60 Å². The van der Waals surface area contributed by atoms with Crippen molar-refractivity contribution in [3.8, 4) is 11.3 Å². The number of pyridine rings is 2. The van der Waals surface area contributed by atoms with Gasteiger partial charge in [-0.3, -0.25) is 4.98 Å². The molecule has 0 radical (unpaired) electrons. The van der Waals surface area contributed by atoms with Crippen LogP contribution in [0.3, 0.4) is 0 Å². The molecule has 23 heavy (non-hydrogen) atoms. The fourth-order valence-corrected chi connectivity index (χ4v) is 2.61. The second-order valence-electron chi connectivity index (χ2n) is 5.53. The maximum Gasteiger partial charge on any atom is 0.109 e. The van der Waals surface area contributed by atoms with Gasteiger partial charge in [-0.25, -0.2) is 4.98 Å². The molecule has 3 rings (SSSR count). The van der Waals surface area contributed by atoms with E-state index in [0.29, 0.717) is 0 Å². The summed E-state index contributed by atoms with van der Waals surface area (Å²) in [4.78, 5) is 9.01. The lowest BCUT2D eigenvalue weighted by Crippen LogP contribution is -1.92. The highest BCUT2D eigenvalue weighted by molar-refractivity contribution is 9.10. The van der Waals surface area contributed by atoms with E-state index in [1.165, 1.54) is 5.56 Å². The van der Waals surface area contributed by atoms with E-state index in [1.54, 1.807) is 0 Å². The van der Waals surface area contributed by atoms with Gasteiger partial charge < -0.3 is 0 Å². The van der Waals surface area contributed by atoms with E-state index in [1.807, 2.05) is 37.5 Å². The number of rotatable bonds is 3. The molecular weight excluding hydrogens is 348 g/mol. The number of aromatic nitrogens is 2. The fraction of sp³-hybridized carbons (Fsp3) is 0.100. The second kappa shape index (κ2) is 6.88. The van der Waals surface area contributed by atoms with Crippen LogP contribution in [0.2, 0.25) is 0 Å². The van der Waals surface area contributed by atoms with Crippen molar-refractivity contribution >= 4 is 28.1 Å². The van der Waals surface area contributed by atoms with E-state index in [-0.39, 0.29) is 0 Å². The average Bonchev–Trinajstić information content (AvgIpc) is 2.57. The Morgan fingerprint density at radius 2 is 1.70 bits per heavy atom. The smallest absolute Gasteiger partial charge is 0.109 e. The van der Waals surface area contributed by atoms with Crippen molar-refractivity contribution in [2.24, 2.45) is 0 Å². The molecule has 0 saturated heterocycles. The SMILES string of the molecule is Cc1cnc(-c2cnc(Br)c(C)c2)c(/C=C/c2ccccc2)c1. The third-order valence-electron chi connectivity index (χ3n) is 3.60. The number of hydrogen-bond acceptors (Lipinski definition) is 2. The Bertz CT molecular complexity index is 855. The first kappa shape index (κ1) is 15.6. The molecule has 3 aromatic rings. The number of aryl methyl sites for hydroxylation is 2. The van der Waals surface area contributed by atoms with Gasteiger partial charge in [0.25, 0.3) is 0 Å². The predicted molar refractivity (Wildman–Crippen MR) is 100 cm³/mol. The van der Waals surface area contributed by atoms with Crippen molar-refractivity contribution in [1.29, 1.82) is 0 Å². The third-order valence-corrected chi connectivity index (χ3v) is 4.43. The van der Waals surface area contributed by atoms with E-state index in [0.717, 1.165) is 32.6 Å². The molecule has 114 valence electrons. The van der Waals surface area contributed by atoms with Crippen LogP contribution in [0.25, 0.3) is 23.4 Å². The Kier molecular flexibility index (Phi) is 4.68. The lowest BCUT2D eigenvalue weighted by atomic mass is 10.0. The molecule has 0 fully saturated rings. The normalized spacial score (nSPS) is 11.1. The molecule has 0 N–H and O–H groups in total. The number of benzene rings is 1. The predicted octanol–water partition coefficient (Wildman–Crippen LogP) is 5.69. The van der Waals surface area contributed by atoms with Gasteiger partial charge in [-0.1, -0.05) is 42.5 Å². The van der Waals surface area contributed by atoms with Gasteiger partial charge >= 0.3 is 0 Å². The quantitative estimate of drug-likeness (QED) is 0.557. The minimum Gasteiger partial charge on any atom is -0.255 e. The van der Waals surface area contributed by atoms with Crippen LogP contribution in [-0.4, -0.2) is 9.97 Å². The lowest BCUT2D eigenvalue weighted by Gasteiger charge is -2.08. The van der Waals surface area contributed by atoms with Crippen molar-refractivity contribution in [2.75, 3.05) is 0 Å². The van der Waals surface area contributed by atoms with Gasteiger partial charge in [0.05, 0.1) is 5.69 Å². The molecule has 0 amide bonds. The number of hydrogen-bond donors (Lipinski definition) is 0. The van der Waals surface area contributed by atoms with Gasteiger partial charge in [-0.05, 0) is 58.6 Å². The monoisotopic (exact) mass is 364 g/mol. The molecule has 0 saturated carbocycles. The average molecular weight is 365 g/mol. The van der Waals surface area contributed by atoms with Crippen LogP contribution < -0.4 is 0 Å².